The van der Waals surface area contributed by atoms with Crippen LogP contribution >= 0.6 is 0 Å². The molecule has 1 fully saturated rings. The smallest absolute Gasteiger partial charge is 0.226 e. The molecule has 0 spiro atoms. The summed E-state index contributed by atoms with van der Waals surface area (Å²) in [7, 11) is 0. The summed E-state index contributed by atoms with van der Waals surface area (Å²) in [4.78, 5) is 11.7. The van der Waals surface area contributed by atoms with E-state index in [-0.39, 0.29) is 18.0 Å². The molecule has 0 unspecified atom stereocenters. The topological polar surface area (TPSA) is 64.3 Å². The molecule has 3 N–H and O–H groups in total. The van der Waals surface area contributed by atoms with Crippen LogP contribution in [0.2, 0.25) is 0 Å². The van der Waals surface area contributed by atoms with Gasteiger partial charge in [0.1, 0.15) is 5.82 Å². The lowest BCUT2D eigenvalue weighted by molar-refractivity contribution is -0.117. The van der Waals surface area contributed by atoms with Gasteiger partial charge >= 0.3 is 0 Å². The van der Waals surface area contributed by atoms with Gasteiger partial charge in [-0.25, -0.2) is 4.39 Å². The van der Waals surface area contributed by atoms with Crippen LogP contribution < -0.4 is 11.1 Å². The first-order chi connectivity index (χ1) is 9.15. The Hall–Kier alpha value is -1.62. The number of hydrogen-bond donors (Lipinski definition) is 2. The molecule has 1 aromatic rings. The summed E-state index contributed by atoms with van der Waals surface area (Å²) in [5.74, 6) is -0.587. The molecule has 5 heteroatoms. The maximum absolute atomic E-state index is 12.8. The van der Waals surface area contributed by atoms with E-state index in [9.17, 15) is 9.18 Å². The first-order valence-electron chi connectivity index (χ1n) is 6.61. The van der Waals surface area contributed by atoms with Crippen LogP contribution in [0.4, 0.5) is 15.8 Å². The standard InChI is InChI=1S/C14H19FN2O2/c15-10-5-6-13(12(16)9-10)17-14(18)7-8-19-11-3-1-2-4-11/h5-6,9,11H,1-4,7-8,16H2,(H,17,18). The van der Waals surface area contributed by atoms with Crippen molar-refractivity contribution in [2.75, 3.05) is 17.7 Å². The zero-order chi connectivity index (χ0) is 13.7. The van der Waals surface area contributed by atoms with Crippen molar-refractivity contribution in [2.45, 2.75) is 38.2 Å². The number of ether oxygens (including phenoxy) is 1. The third-order valence-corrected chi connectivity index (χ3v) is 3.27. The molecule has 104 valence electrons. The van der Waals surface area contributed by atoms with Crippen LogP contribution in [0.25, 0.3) is 0 Å². The molecule has 4 nitrogen and oxygen atoms in total. The van der Waals surface area contributed by atoms with Crippen molar-refractivity contribution in [3.63, 3.8) is 0 Å². The summed E-state index contributed by atoms with van der Waals surface area (Å²) in [6.07, 6.45) is 5.20. The molecule has 1 aliphatic carbocycles. The van der Waals surface area contributed by atoms with Gasteiger partial charge in [-0.05, 0) is 31.0 Å². The second-order valence-corrected chi connectivity index (χ2v) is 4.81. The molecule has 0 heterocycles. The molecule has 1 aliphatic rings. The third kappa shape index (κ3) is 4.21. The number of nitrogens with one attached hydrogen (secondary N) is 1. The Morgan fingerprint density at radius 1 is 1.42 bits per heavy atom. The highest BCUT2D eigenvalue weighted by atomic mass is 19.1. The fraction of sp³-hybridized carbons (Fsp3) is 0.500. The Kier molecular flexibility index (Phi) is 4.74. The van der Waals surface area contributed by atoms with E-state index in [0.29, 0.717) is 18.4 Å². The minimum Gasteiger partial charge on any atom is -0.397 e. The van der Waals surface area contributed by atoms with Gasteiger partial charge in [-0.15, -0.1) is 0 Å². The fourth-order valence-electron chi connectivity index (χ4n) is 2.23. The first kappa shape index (κ1) is 13.8. The van der Waals surface area contributed by atoms with Gasteiger partial charge in [-0.3, -0.25) is 4.79 Å². The number of hydrogen-bond acceptors (Lipinski definition) is 3. The van der Waals surface area contributed by atoms with Crippen molar-refractivity contribution in [3.8, 4) is 0 Å². The summed E-state index contributed by atoms with van der Waals surface area (Å²) in [6, 6.07) is 3.91. The van der Waals surface area contributed by atoms with Crippen molar-refractivity contribution in [2.24, 2.45) is 0 Å². The van der Waals surface area contributed by atoms with Crippen LogP contribution in [-0.4, -0.2) is 18.6 Å². The lowest BCUT2D eigenvalue weighted by Gasteiger charge is -2.11. The number of benzene rings is 1. The van der Waals surface area contributed by atoms with E-state index in [4.69, 9.17) is 10.5 Å². The van der Waals surface area contributed by atoms with E-state index >= 15 is 0 Å². The van der Waals surface area contributed by atoms with Gasteiger partial charge < -0.3 is 15.8 Å². The number of nitrogen functional groups attached to an aromatic ring is 1. The fourth-order valence-corrected chi connectivity index (χ4v) is 2.23. The average Bonchev–Trinajstić information content (AvgIpc) is 2.86. The van der Waals surface area contributed by atoms with Gasteiger partial charge in [-0.2, -0.15) is 0 Å². The molecule has 0 atom stereocenters. The molecule has 0 bridgehead atoms. The van der Waals surface area contributed by atoms with Gasteiger partial charge in [-0.1, -0.05) is 12.8 Å². The molecule has 0 aliphatic heterocycles. The quantitative estimate of drug-likeness (QED) is 0.805. The van der Waals surface area contributed by atoms with E-state index in [1.165, 1.54) is 31.0 Å². The zero-order valence-corrected chi connectivity index (χ0v) is 10.8. The predicted octanol–water partition coefficient (Wildman–Crippen LogP) is 2.70. The Bertz CT molecular complexity index is 445. The zero-order valence-electron chi connectivity index (χ0n) is 10.8. The molecule has 19 heavy (non-hydrogen) atoms. The summed E-state index contributed by atoms with van der Waals surface area (Å²) >= 11 is 0. The van der Waals surface area contributed by atoms with Crippen LogP contribution in [0.5, 0.6) is 0 Å². The number of nitrogens with two attached hydrogens (primary N) is 1. The van der Waals surface area contributed by atoms with Crippen molar-refractivity contribution in [3.05, 3.63) is 24.0 Å². The number of carbonyl (C=O) groups is 1. The van der Waals surface area contributed by atoms with Crippen molar-refractivity contribution in [1.29, 1.82) is 0 Å². The van der Waals surface area contributed by atoms with Crippen molar-refractivity contribution >= 4 is 17.3 Å². The van der Waals surface area contributed by atoms with Crippen LogP contribution in [0.3, 0.4) is 0 Å². The second kappa shape index (κ2) is 6.52. The Morgan fingerprint density at radius 3 is 2.84 bits per heavy atom. The van der Waals surface area contributed by atoms with E-state index in [2.05, 4.69) is 5.32 Å². The van der Waals surface area contributed by atoms with Crippen LogP contribution in [0.1, 0.15) is 32.1 Å². The van der Waals surface area contributed by atoms with E-state index in [0.717, 1.165) is 12.8 Å². The van der Waals surface area contributed by atoms with Crippen molar-refractivity contribution < 1.29 is 13.9 Å². The lowest BCUT2D eigenvalue weighted by Crippen LogP contribution is -2.17. The largest absolute Gasteiger partial charge is 0.397 e. The van der Waals surface area contributed by atoms with Gasteiger partial charge in [0.2, 0.25) is 5.91 Å². The number of rotatable bonds is 5. The molecule has 0 saturated heterocycles. The van der Waals surface area contributed by atoms with Gasteiger partial charge in [0.05, 0.1) is 30.5 Å². The third-order valence-electron chi connectivity index (χ3n) is 3.27. The van der Waals surface area contributed by atoms with Crippen LogP contribution in [0.15, 0.2) is 18.2 Å². The number of anilines is 2. The number of halogens is 1. The number of amides is 1. The molecule has 1 amide bonds. The summed E-state index contributed by atoms with van der Waals surface area (Å²) in [5, 5.41) is 2.65. The van der Waals surface area contributed by atoms with Crippen molar-refractivity contribution in [1.82, 2.24) is 0 Å². The normalized spacial score (nSPS) is 15.6. The molecule has 2 rings (SSSR count). The highest BCUT2D eigenvalue weighted by molar-refractivity contribution is 5.93. The predicted molar refractivity (Wildman–Crippen MR) is 72.3 cm³/mol. The van der Waals surface area contributed by atoms with Crippen LogP contribution in [-0.2, 0) is 9.53 Å². The average molecular weight is 266 g/mol. The first-order valence-corrected chi connectivity index (χ1v) is 6.61. The van der Waals surface area contributed by atoms with Crippen LogP contribution in [0, 0.1) is 5.82 Å². The Balaban J connectivity index is 1.74. The molecule has 0 aromatic heterocycles. The Morgan fingerprint density at radius 2 is 2.16 bits per heavy atom. The lowest BCUT2D eigenvalue weighted by atomic mass is 10.2. The molecule has 0 radical (unpaired) electrons. The highest BCUT2D eigenvalue weighted by Crippen LogP contribution is 2.21. The monoisotopic (exact) mass is 266 g/mol. The van der Waals surface area contributed by atoms with Gasteiger partial charge in [0, 0.05) is 0 Å². The summed E-state index contributed by atoms with van der Waals surface area (Å²) < 4.78 is 18.5. The maximum Gasteiger partial charge on any atom is 0.226 e. The molecule has 1 saturated carbocycles. The summed E-state index contributed by atoms with van der Waals surface area (Å²) in [5.41, 5.74) is 6.28. The van der Waals surface area contributed by atoms with E-state index in [1.807, 2.05) is 0 Å². The maximum atomic E-state index is 12.8. The molecular formula is C14H19FN2O2. The SMILES string of the molecule is Nc1cc(F)ccc1NC(=O)CCOC1CCCC1. The highest BCUT2D eigenvalue weighted by Gasteiger charge is 2.15. The number of carbonyl (C=O) groups excluding carboxylic acids is 1. The molecular weight excluding hydrogens is 247 g/mol. The van der Waals surface area contributed by atoms with Gasteiger partial charge in [0.25, 0.3) is 0 Å². The Labute approximate surface area is 112 Å². The minimum atomic E-state index is -0.417. The van der Waals surface area contributed by atoms with Gasteiger partial charge in [0.15, 0.2) is 0 Å². The van der Waals surface area contributed by atoms with E-state index in [1.54, 1.807) is 0 Å². The summed E-state index contributed by atoms with van der Waals surface area (Å²) in [6.45, 7) is 0.414. The van der Waals surface area contributed by atoms with E-state index < -0.39 is 5.82 Å². The minimum absolute atomic E-state index is 0.170. The second-order valence-electron chi connectivity index (χ2n) is 4.81. The molecule has 1 aromatic carbocycles.